The molecule has 5 heterocycles. The van der Waals surface area contributed by atoms with Crippen molar-refractivity contribution >= 4 is 81.6 Å². The number of halogens is 13. The number of aromatic hydroxyl groups is 2. The summed E-state index contributed by atoms with van der Waals surface area (Å²) in [6.07, 6.45) is 4.67. The molecule has 0 fully saturated rings. The molecule has 0 spiro atoms. The Morgan fingerprint density at radius 2 is 0.609 bits per heavy atom. The van der Waals surface area contributed by atoms with Crippen LogP contribution in [0.15, 0.2) is 137 Å². The van der Waals surface area contributed by atoms with E-state index >= 15 is 0 Å². The molecule has 0 radical (unpaired) electrons. The molecule has 0 aromatic heterocycles. The molecule has 39 heteroatoms. The number of alkyl carbamates (subject to hydrolysis) is 2. The monoisotopic (exact) mass is 1880 g/mol. The van der Waals surface area contributed by atoms with Crippen LogP contribution in [-0.4, -0.2) is 160 Å². The first-order valence-electron chi connectivity index (χ1n) is 39.5. The number of carbonyl (C=O) groups excluding carboxylic acids is 9. The van der Waals surface area contributed by atoms with Crippen LogP contribution in [0, 0.1) is 40.7 Å². The van der Waals surface area contributed by atoms with Crippen molar-refractivity contribution in [3.05, 3.63) is 256 Å². The second kappa shape index (κ2) is 47.9. The van der Waals surface area contributed by atoms with Gasteiger partial charge in [0, 0.05) is 135 Å². The number of nitrogens with one attached hydrogen (secondary N) is 7. The number of ether oxygens (including phenoxy) is 6. The predicted molar refractivity (Wildman–Crippen MR) is 454 cm³/mol. The number of rotatable bonds is 18. The Morgan fingerprint density at radius 3 is 0.883 bits per heavy atom. The summed E-state index contributed by atoms with van der Waals surface area (Å²) in [5, 5.41) is 35.8. The topological polar surface area (TPSA) is 386 Å². The Balaban J connectivity index is 0.000000208. The second-order valence-electron chi connectivity index (χ2n) is 30.8. The molecule has 128 heavy (non-hydrogen) atoms. The number of hydrogen-bond acceptors (Lipinski definition) is 19. The van der Waals surface area contributed by atoms with Crippen LogP contribution < -0.4 is 67.6 Å². The Labute approximate surface area is 742 Å². The summed E-state index contributed by atoms with van der Waals surface area (Å²) >= 11 is 3.18. The molecule has 0 saturated heterocycles. The first kappa shape index (κ1) is 103. The number of benzene rings is 7. The number of phenols is 2. The molecule has 2 aliphatic carbocycles. The zero-order chi connectivity index (χ0) is 93.1. The van der Waals surface area contributed by atoms with Gasteiger partial charge >= 0.3 is 12.2 Å². The number of amides is 7. The maximum Gasteiger partial charge on any atom is 0.407 e. The number of fused-ring (bicyclic) bond motifs is 7. The highest BCUT2D eigenvalue weighted by atomic mass is 79.9. The van der Waals surface area contributed by atoms with Crippen molar-refractivity contribution in [3.8, 4) is 34.5 Å². The fourth-order valence-corrected chi connectivity index (χ4v) is 13.5. The Kier molecular flexibility index (Phi) is 38.3. The van der Waals surface area contributed by atoms with Crippen LogP contribution in [0.2, 0.25) is 0 Å². The highest BCUT2D eigenvalue weighted by Gasteiger charge is 2.30. The van der Waals surface area contributed by atoms with Crippen molar-refractivity contribution in [2.45, 2.75) is 111 Å². The lowest BCUT2D eigenvalue weighted by atomic mass is 9.99. The molecule has 26 nitrogen and oxygen atoms in total. The van der Waals surface area contributed by atoms with E-state index in [4.69, 9.17) is 50.1 Å². The van der Waals surface area contributed by atoms with E-state index in [0.717, 1.165) is 42.0 Å². The van der Waals surface area contributed by atoms with Gasteiger partial charge in [-0.15, -0.1) is 12.4 Å². The zero-order valence-electron chi connectivity index (χ0n) is 70.1. The molecule has 7 aromatic rings. The van der Waals surface area contributed by atoms with Crippen molar-refractivity contribution in [1.82, 2.24) is 37.2 Å². The summed E-state index contributed by atoms with van der Waals surface area (Å²) in [7, 11) is 0. The van der Waals surface area contributed by atoms with Gasteiger partial charge in [-0.3, -0.25) is 33.6 Å². The van der Waals surface area contributed by atoms with Gasteiger partial charge in [0.25, 0.3) is 29.5 Å². The number of ketones is 2. The highest BCUT2D eigenvalue weighted by Crippen LogP contribution is 2.33. The molecular weight excluding hydrogens is 1790 g/mol. The average Bonchev–Trinajstić information content (AvgIpc) is 1.79. The molecule has 7 amide bonds. The zero-order valence-corrected chi connectivity index (χ0v) is 72.5. The van der Waals surface area contributed by atoms with Crippen molar-refractivity contribution in [3.63, 3.8) is 0 Å². The largest absolute Gasteiger partial charge is 0.508 e. The molecule has 7 aliphatic rings. The van der Waals surface area contributed by atoms with Crippen LogP contribution in [-0.2, 0) is 54.4 Å². The van der Waals surface area contributed by atoms with Gasteiger partial charge in [-0.2, -0.15) is 0 Å². The van der Waals surface area contributed by atoms with Gasteiger partial charge in [-0.1, -0.05) is 15.9 Å². The number of aryl methyl sites for hydroxylation is 2. The van der Waals surface area contributed by atoms with Crippen LogP contribution in [0.5, 0.6) is 34.5 Å². The van der Waals surface area contributed by atoms with E-state index in [1.165, 1.54) is 18.2 Å². The van der Waals surface area contributed by atoms with Gasteiger partial charge in [-0.25, -0.2) is 57.9 Å². The summed E-state index contributed by atoms with van der Waals surface area (Å²) < 4.78 is 178. The smallest absolute Gasteiger partial charge is 0.407 e. The van der Waals surface area contributed by atoms with E-state index in [9.17, 15) is 91.4 Å². The standard InChI is InChI=1S/2C18H22F2N2O4.2C13H14F2N2O2.C9H6BrFO.C9H8FNO2.C9H7FO2.ClH/c2*1-18(2,3)26-17(24)22-9-11(8-19)10-25-13-6-12-4-5-21-16(23)15(12)14(20)7-13;2*14-5-8(6-16)7-19-10-3-9-1-2-17-13(18)12(9)11(15)4-10;10-6-3-5-1-2-8(12)9(5)7(11)4-6;10-7-4-6(12)3-5-1-2-11-9(13)8(5)7;10-7-4-6(11)3-5-1-2-8(12)9(5)7;/h2*6-8H,4-5,9-10H2,1-3H3,(H,21,23)(H,22,24);2*3-5H,1-2,6-7,16H2,(H,17,18);3-4H,1-2H2;3-4,12H,1-2H2,(H,11,13);3-4,11H,1-2H2;1H/b11-8+;11-8-;2*8-5+;;;;. The second-order valence-corrected chi connectivity index (χ2v) is 31.7. The number of Topliss-reactive ketones (excluding diaryl/α,β-unsaturated/α-hetero) is 2. The van der Waals surface area contributed by atoms with Gasteiger partial charge in [0.15, 0.2) is 11.6 Å². The maximum atomic E-state index is 14.1. The molecule has 13 N–H and O–H groups in total. The van der Waals surface area contributed by atoms with E-state index in [-0.39, 0.29) is 167 Å². The Hall–Kier alpha value is -12.6. The number of carbonyl (C=O) groups is 9. The van der Waals surface area contributed by atoms with Gasteiger partial charge in [0.05, 0.1) is 64.3 Å². The van der Waals surface area contributed by atoms with Crippen LogP contribution >= 0.6 is 28.3 Å². The minimum atomic E-state index is -0.688. The van der Waals surface area contributed by atoms with E-state index in [0.29, 0.717) is 159 Å². The van der Waals surface area contributed by atoms with Crippen molar-refractivity contribution < 1.29 is 130 Å². The van der Waals surface area contributed by atoms with Gasteiger partial charge < -0.3 is 87.3 Å². The lowest BCUT2D eigenvalue weighted by Gasteiger charge is -2.20. The van der Waals surface area contributed by atoms with Crippen LogP contribution in [0.4, 0.5) is 57.9 Å². The Morgan fingerprint density at radius 1 is 0.367 bits per heavy atom. The molecule has 0 bridgehead atoms. The summed E-state index contributed by atoms with van der Waals surface area (Å²) in [5.41, 5.74) is 15.0. The molecule has 5 aliphatic heterocycles. The van der Waals surface area contributed by atoms with Crippen LogP contribution in [0.25, 0.3) is 0 Å². The first-order valence-corrected chi connectivity index (χ1v) is 40.3. The van der Waals surface area contributed by atoms with Crippen molar-refractivity contribution in [1.29, 1.82) is 0 Å². The molecule has 0 saturated carbocycles. The molecule has 0 unspecified atom stereocenters. The third-order valence-electron chi connectivity index (χ3n) is 18.9. The molecule has 7 aromatic carbocycles. The molecule has 0 atom stereocenters. The third kappa shape index (κ3) is 29.8. The molecule has 14 rings (SSSR count). The summed E-state index contributed by atoms with van der Waals surface area (Å²) in [5.74, 6) is -6.05. The van der Waals surface area contributed by atoms with E-state index in [2.05, 4.69) is 53.1 Å². The first-order chi connectivity index (χ1) is 60.2. The van der Waals surface area contributed by atoms with E-state index in [1.807, 2.05) is 6.07 Å². The average molecular weight is 1890 g/mol. The van der Waals surface area contributed by atoms with Crippen LogP contribution in [0.3, 0.4) is 0 Å². The fourth-order valence-electron chi connectivity index (χ4n) is 13.0. The van der Waals surface area contributed by atoms with Crippen LogP contribution in [0.1, 0.15) is 166 Å². The number of nitrogens with two attached hydrogens (primary N) is 2. The minimum Gasteiger partial charge on any atom is -0.508 e. The number of phenolic OH excluding ortho intramolecular Hbond substituents is 2. The lowest BCUT2D eigenvalue weighted by Crippen LogP contribution is -2.34. The normalized spacial score (nSPS) is 14.6. The van der Waals surface area contributed by atoms with E-state index in [1.54, 1.807) is 65.8 Å². The third-order valence-corrected chi connectivity index (χ3v) is 19.4. The van der Waals surface area contributed by atoms with Gasteiger partial charge in [0.1, 0.15) is 113 Å². The van der Waals surface area contributed by atoms with Crippen molar-refractivity contribution in [2.24, 2.45) is 11.5 Å². The van der Waals surface area contributed by atoms with Crippen molar-refractivity contribution in [2.75, 3.05) is 85.3 Å². The SMILES string of the molecule is CC(C)(C)OC(=O)NC/C(=C/F)COc1cc(F)c2c(c1)CCNC2=O.CC(C)(C)OC(=O)NC/C(=C\F)COc1cc(F)c2c(c1)CCNC2=O.Cl.NC/C(=C\F)COc1cc(F)c2c(c1)CCNC2=O.NC/C(=C\F)COc1cc(F)c2c(c1)CCNC2=O.O=C1CCc2cc(Br)cc(F)c21.O=C1CCc2cc(O)cc(F)c21.O=C1NCCc2cc(O)cc(F)c21. The summed E-state index contributed by atoms with van der Waals surface area (Å²) in [6, 6.07) is 18.7. The summed E-state index contributed by atoms with van der Waals surface area (Å²) in [6.45, 7) is 11.9. The highest BCUT2D eigenvalue weighted by molar-refractivity contribution is 9.10. The lowest BCUT2D eigenvalue weighted by molar-refractivity contribution is 0.0520. The Bertz CT molecular complexity index is 5140. The van der Waals surface area contributed by atoms with Gasteiger partial charge in [-0.05, 0) is 174 Å². The number of hydrogen-bond donors (Lipinski definition) is 11. The quantitative estimate of drug-likeness (QED) is 0.0355. The maximum absolute atomic E-state index is 14.1. The molecular formula is C89H94BrClF11N9O17. The van der Waals surface area contributed by atoms with E-state index < -0.39 is 93.6 Å². The summed E-state index contributed by atoms with van der Waals surface area (Å²) in [4.78, 5) is 103. The predicted octanol–water partition coefficient (Wildman–Crippen LogP) is 14.0. The minimum absolute atomic E-state index is 0. The van der Waals surface area contributed by atoms with Gasteiger partial charge in [0.2, 0.25) is 0 Å². The molecule has 688 valence electrons. The fraction of sp³-hybridized carbons (Fsp3) is 0.337.